The fourth-order valence-electron chi connectivity index (χ4n) is 1.10. The Morgan fingerprint density at radius 3 is 2.54 bits per heavy atom. The van der Waals surface area contributed by atoms with Crippen LogP contribution in [0.1, 0.15) is 27.2 Å². The molecule has 1 aliphatic rings. The van der Waals surface area contributed by atoms with Crippen molar-refractivity contribution in [3.05, 3.63) is 0 Å². The van der Waals surface area contributed by atoms with Crippen LogP contribution in [-0.2, 0) is 9.47 Å². The van der Waals surface area contributed by atoms with Gasteiger partial charge in [0.15, 0.2) is 0 Å². The summed E-state index contributed by atoms with van der Waals surface area (Å²) in [6.45, 7) is 9.96. The van der Waals surface area contributed by atoms with Crippen LogP contribution in [0.2, 0.25) is 0 Å². The van der Waals surface area contributed by atoms with E-state index in [1.807, 2.05) is 0 Å². The van der Waals surface area contributed by atoms with Crippen LogP contribution < -0.4 is 5.32 Å². The highest BCUT2D eigenvalue weighted by Gasteiger charge is 2.18. The topological polar surface area (TPSA) is 30.5 Å². The summed E-state index contributed by atoms with van der Waals surface area (Å²) in [7, 11) is 0. The first-order valence-corrected chi connectivity index (χ1v) is 5.02. The molecule has 1 saturated heterocycles. The molecular weight excluding hydrogens is 166 g/mol. The maximum absolute atomic E-state index is 5.53. The second-order valence-corrected chi connectivity index (χ2v) is 4.56. The van der Waals surface area contributed by atoms with E-state index in [1.54, 1.807) is 0 Å². The summed E-state index contributed by atoms with van der Waals surface area (Å²) in [6, 6.07) is 0. The first kappa shape index (κ1) is 11.0. The van der Waals surface area contributed by atoms with Gasteiger partial charge in [-0.3, -0.25) is 0 Å². The average Bonchev–Trinajstić information content (AvgIpc) is 1.90. The molecule has 0 aliphatic carbocycles. The molecule has 3 heteroatoms. The van der Waals surface area contributed by atoms with Gasteiger partial charge in [-0.25, -0.2) is 0 Å². The van der Waals surface area contributed by atoms with Gasteiger partial charge < -0.3 is 14.8 Å². The molecule has 1 aliphatic heterocycles. The Bertz CT molecular complexity index is 138. The highest BCUT2D eigenvalue weighted by Crippen LogP contribution is 2.05. The Labute approximate surface area is 80.8 Å². The molecule has 1 rings (SSSR count). The first-order valence-electron chi connectivity index (χ1n) is 5.02. The number of hydrogen-bond acceptors (Lipinski definition) is 3. The second kappa shape index (κ2) is 4.94. The molecule has 0 aromatic rings. The van der Waals surface area contributed by atoms with Gasteiger partial charge in [0.1, 0.15) is 6.10 Å². The van der Waals surface area contributed by atoms with Crippen molar-refractivity contribution >= 4 is 0 Å². The predicted molar refractivity (Wildman–Crippen MR) is 52.9 cm³/mol. The Morgan fingerprint density at radius 2 is 2.08 bits per heavy atom. The van der Waals surface area contributed by atoms with Crippen molar-refractivity contribution in [3.8, 4) is 0 Å². The zero-order chi connectivity index (χ0) is 9.73. The Hall–Kier alpha value is -0.120. The van der Waals surface area contributed by atoms with Gasteiger partial charge in [0.2, 0.25) is 0 Å². The van der Waals surface area contributed by atoms with Crippen molar-refractivity contribution in [1.29, 1.82) is 0 Å². The third-order valence-electron chi connectivity index (χ3n) is 1.94. The Kier molecular flexibility index (Phi) is 4.16. The number of rotatable bonds is 5. The quantitative estimate of drug-likeness (QED) is 0.656. The largest absolute Gasteiger partial charge is 0.376 e. The van der Waals surface area contributed by atoms with E-state index >= 15 is 0 Å². The van der Waals surface area contributed by atoms with Gasteiger partial charge in [0, 0.05) is 12.1 Å². The van der Waals surface area contributed by atoms with Crippen molar-refractivity contribution in [2.45, 2.75) is 38.8 Å². The summed E-state index contributed by atoms with van der Waals surface area (Å²) in [5, 5.41) is 3.42. The molecule has 13 heavy (non-hydrogen) atoms. The predicted octanol–water partition coefficient (Wildman–Crippen LogP) is 1.18. The van der Waals surface area contributed by atoms with Crippen LogP contribution in [0, 0.1) is 0 Å². The summed E-state index contributed by atoms with van der Waals surface area (Å²) >= 11 is 0. The van der Waals surface area contributed by atoms with Gasteiger partial charge in [0.25, 0.3) is 0 Å². The fourth-order valence-corrected chi connectivity index (χ4v) is 1.10. The fraction of sp³-hybridized carbons (Fsp3) is 1.00. The molecule has 0 aromatic heterocycles. The third kappa shape index (κ3) is 5.24. The molecule has 0 radical (unpaired) electrons. The van der Waals surface area contributed by atoms with Gasteiger partial charge in [-0.15, -0.1) is 0 Å². The van der Waals surface area contributed by atoms with E-state index in [0.717, 1.165) is 32.8 Å². The Morgan fingerprint density at radius 1 is 1.38 bits per heavy atom. The molecule has 0 amide bonds. The van der Waals surface area contributed by atoms with E-state index in [9.17, 15) is 0 Å². The summed E-state index contributed by atoms with van der Waals surface area (Å²) < 4.78 is 10.5. The van der Waals surface area contributed by atoms with E-state index in [-0.39, 0.29) is 5.54 Å². The average molecular weight is 187 g/mol. The molecule has 1 fully saturated rings. The van der Waals surface area contributed by atoms with Gasteiger partial charge in [0.05, 0.1) is 13.2 Å². The summed E-state index contributed by atoms with van der Waals surface area (Å²) in [5.41, 5.74) is 0.222. The maximum Gasteiger partial charge on any atom is 0.104 e. The van der Waals surface area contributed by atoms with Crippen molar-refractivity contribution in [3.63, 3.8) is 0 Å². The van der Waals surface area contributed by atoms with Crippen molar-refractivity contribution in [2.75, 3.05) is 26.4 Å². The minimum Gasteiger partial charge on any atom is -0.376 e. The lowest BCUT2D eigenvalue weighted by Gasteiger charge is -2.26. The molecule has 1 N–H and O–H groups in total. The molecular formula is C10H21NO2. The van der Waals surface area contributed by atoms with Gasteiger partial charge in [-0.2, -0.15) is 0 Å². The zero-order valence-electron chi connectivity index (χ0n) is 8.93. The zero-order valence-corrected chi connectivity index (χ0v) is 8.93. The number of nitrogens with one attached hydrogen (secondary N) is 1. The van der Waals surface area contributed by atoms with E-state index in [2.05, 4.69) is 26.1 Å². The van der Waals surface area contributed by atoms with E-state index in [0.29, 0.717) is 6.10 Å². The smallest absolute Gasteiger partial charge is 0.104 e. The molecule has 0 spiro atoms. The third-order valence-corrected chi connectivity index (χ3v) is 1.94. The molecule has 1 heterocycles. The van der Waals surface area contributed by atoms with Gasteiger partial charge >= 0.3 is 0 Å². The highest BCUT2D eigenvalue weighted by molar-refractivity contribution is 4.70. The minimum absolute atomic E-state index is 0.222. The lowest BCUT2D eigenvalue weighted by Crippen LogP contribution is -2.38. The molecule has 0 atom stereocenters. The van der Waals surface area contributed by atoms with Crippen LogP contribution in [-0.4, -0.2) is 38.0 Å². The van der Waals surface area contributed by atoms with E-state index in [1.165, 1.54) is 0 Å². The lowest BCUT2D eigenvalue weighted by atomic mass is 10.1. The summed E-state index contributed by atoms with van der Waals surface area (Å²) in [5.74, 6) is 0. The normalized spacial score (nSPS) is 18.7. The minimum atomic E-state index is 0.222. The van der Waals surface area contributed by atoms with Crippen LogP contribution in [0.25, 0.3) is 0 Å². The maximum atomic E-state index is 5.53. The van der Waals surface area contributed by atoms with E-state index in [4.69, 9.17) is 9.47 Å². The van der Waals surface area contributed by atoms with Gasteiger partial charge in [-0.1, -0.05) is 0 Å². The standard InChI is InChI=1S/C10H21NO2/c1-10(2,3)11-5-4-6-13-9-7-12-8-9/h9,11H,4-8H2,1-3H3. The molecule has 3 nitrogen and oxygen atoms in total. The SMILES string of the molecule is CC(C)(C)NCCCOC1COC1. The van der Waals surface area contributed by atoms with Crippen LogP contribution in [0.5, 0.6) is 0 Å². The highest BCUT2D eigenvalue weighted by atomic mass is 16.6. The molecule has 0 saturated carbocycles. The van der Waals surface area contributed by atoms with Crippen LogP contribution >= 0.6 is 0 Å². The molecule has 78 valence electrons. The van der Waals surface area contributed by atoms with E-state index < -0.39 is 0 Å². The molecule has 0 bridgehead atoms. The van der Waals surface area contributed by atoms with Gasteiger partial charge in [-0.05, 0) is 33.7 Å². The van der Waals surface area contributed by atoms with Crippen LogP contribution in [0.15, 0.2) is 0 Å². The lowest BCUT2D eigenvalue weighted by molar-refractivity contribution is -0.129. The Balaban J connectivity index is 1.83. The molecule has 0 unspecified atom stereocenters. The van der Waals surface area contributed by atoms with Crippen molar-refractivity contribution in [2.24, 2.45) is 0 Å². The van der Waals surface area contributed by atoms with Crippen LogP contribution in [0.3, 0.4) is 0 Å². The summed E-state index contributed by atoms with van der Waals surface area (Å²) in [6.07, 6.45) is 1.45. The number of ether oxygens (including phenoxy) is 2. The number of hydrogen-bond donors (Lipinski definition) is 1. The first-order chi connectivity index (χ1) is 6.08. The monoisotopic (exact) mass is 187 g/mol. The van der Waals surface area contributed by atoms with Crippen LogP contribution in [0.4, 0.5) is 0 Å². The van der Waals surface area contributed by atoms with Crippen molar-refractivity contribution < 1.29 is 9.47 Å². The molecule has 0 aromatic carbocycles. The summed E-state index contributed by atoms with van der Waals surface area (Å²) in [4.78, 5) is 0. The second-order valence-electron chi connectivity index (χ2n) is 4.56. The van der Waals surface area contributed by atoms with Crippen molar-refractivity contribution in [1.82, 2.24) is 5.32 Å².